The quantitative estimate of drug-likeness (QED) is 0.553. The first-order valence-corrected chi connectivity index (χ1v) is 8.72. The van der Waals surface area contributed by atoms with Crippen LogP contribution in [0.15, 0.2) is 30.3 Å². The highest BCUT2D eigenvalue weighted by atomic mass is 127. The predicted molar refractivity (Wildman–Crippen MR) is 96.5 cm³/mol. The summed E-state index contributed by atoms with van der Waals surface area (Å²) in [5.74, 6) is 2.14. The van der Waals surface area contributed by atoms with Crippen molar-refractivity contribution < 1.29 is 14.3 Å². The lowest BCUT2D eigenvalue weighted by Crippen LogP contribution is -2.27. The highest BCUT2D eigenvalue weighted by Crippen LogP contribution is 2.47. The van der Waals surface area contributed by atoms with Crippen molar-refractivity contribution in [3.63, 3.8) is 0 Å². The Labute approximate surface area is 144 Å². The number of carbonyl (C=O) groups excluding carboxylic acids is 1. The van der Waals surface area contributed by atoms with E-state index in [2.05, 4.69) is 40.8 Å². The van der Waals surface area contributed by atoms with Gasteiger partial charge in [-0.2, -0.15) is 0 Å². The monoisotopic (exact) mass is 410 g/mol. The number of halogens is 1. The maximum atomic E-state index is 12.2. The number of hydrogen-bond acceptors (Lipinski definition) is 3. The molecule has 0 aliphatic heterocycles. The van der Waals surface area contributed by atoms with Crippen LogP contribution in [0.5, 0.6) is 11.5 Å². The van der Waals surface area contributed by atoms with Crippen LogP contribution >= 0.6 is 22.6 Å². The van der Waals surface area contributed by atoms with Gasteiger partial charge in [-0.25, -0.2) is 0 Å². The van der Waals surface area contributed by atoms with Crippen molar-refractivity contribution in [1.29, 1.82) is 0 Å². The molecule has 3 nitrogen and oxygen atoms in total. The molecule has 0 radical (unpaired) electrons. The van der Waals surface area contributed by atoms with Crippen molar-refractivity contribution in [1.82, 2.24) is 0 Å². The van der Waals surface area contributed by atoms with E-state index >= 15 is 0 Å². The zero-order valence-electron chi connectivity index (χ0n) is 12.8. The van der Waals surface area contributed by atoms with Crippen LogP contribution in [0.4, 0.5) is 0 Å². The minimum absolute atomic E-state index is 0.0182. The second-order valence-electron chi connectivity index (χ2n) is 5.61. The van der Waals surface area contributed by atoms with E-state index in [0.29, 0.717) is 12.2 Å². The van der Waals surface area contributed by atoms with E-state index in [1.165, 1.54) is 0 Å². The molecule has 1 aliphatic carbocycles. The number of rotatable bonds is 3. The van der Waals surface area contributed by atoms with E-state index < -0.39 is 0 Å². The Morgan fingerprint density at radius 1 is 1.18 bits per heavy atom. The van der Waals surface area contributed by atoms with Crippen molar-refractivity contribution >= 4 is 39.1 Å². The van der Waals surface area contributed by atoms with Crippen molar-refractivity contribution in [2.24, 2.45) is 0 Å². The summed E-state index contributed by atoms with van der Waals surface area (Å²) in [7, 11) is 3.37. The lowest BCUT2D eigenvalue weighted by atomic mass is 9.81. The summed E-state index contributed by atoms with van der Waals surface area (Å²) >= 11 is 2.28. The fourth-order valence-electron chi connectivity index (χ4n) is 3.34. The molecule has 0 saturated heterocycles. The molecule has 1 fully saturated rings. The second-order valence-corrected chi connectivity index (χ2v) is 6.96. The first-order chi connectivity index (χ1) is 10.7. The molecular weight excluding hydrogens is 391 g/mol. The molecule has 2 aromatic rings. The van der Waals surface area contributed by atoms with Gasteiger partial charge in [-0.1, -0.05) is 46.9 Å². The maximum Gasteiger partial charge on any atom is 0.146 e. The number of benzene rings is 2. The van der Waals surface area contributed by atoms with Gasteiger partial charge in [-0.05, 0) is 24.3 Å². The van der Waals surface area contributed by atoms with Gasteiger partial charge in [0.2, 0.25) is 0 Å². The topological polar surface area (TPSA) is 35.5 Å². The molecule has 1 saturated carbocycles. The molecule has 0 heterocycles. The second kappa shape index (κ2) is 6.44. The van der Waals surface area contributed by atoms with Gasteiger partial charge in [0.15, 0.2) is 0 Å². The Balaban J connectivity index is 2.24. The molecule has 0 bridgehead atoms. The molecular formula is C18H19IO3. The van der Waals surface area contributed by atoms with Crippen LogP contribution in [-0.2, 0) is 4.79 Å². The Morgan fingerprint density at radius 3 is 2.68 bits per heavy atom. The van der Waals surface area contributed by atoms with E-state index in [1.807, 2.05) is 12.1 Å². The Hall–Kier alpha value is -1.30. The van der Waals surface area contributed by atoms with Crippen LogP contribution < -0.4 is 9.47 Å². The number of carbonyl (C=O) groups is 1. The predicted octanol–water partition coefficient (Wildman–Crippen LogP) is 4.50. The van der Waals surface area contributed by atoms with Crippen LogP contribution in [0, 0.1) is 0 Å². The minimum Gasteiger partial charge on any atom is -0.496 e. The van der Waals surface area contributed by atoms with E-state index in [-0.39, 0.29) is 9.84 Å². The smallest absolute Gasteiger partial charge is 0.146 e. The molecule has 1 aliphatic rings. The normalized spacial score (nSPS) is 21.9. The van der Waals surface area contributed by atoms with E-state index in [1.54, 1.807) is 14.2 Å². The molecule has 4 heteroatoms. The van der Waals surface area contributed by atoms with Gasteiger partial charge in [0, 0.05) is 23.3 Å². The summed E-state index contributed by atoms with van der Waals surface area (Å²) in [6, 6.07) is 10.2. The summed E-state index contributed by atoms with van der Waals surface area (Å²) in [6.45, 7) is 0. The number of methoxy groups -OCH3 is 2. The third kappa shape index (κ3) is 2.57. The number of hydrogen-bond donors (Lipinski definition) is 0. The molecule has 0 spiro atoms. The third-order valence-electron chi connectivity index (χ3n) is 4.40. The largest absolute Gasteiger partial charge is 0.496 e. The van der Waals surface area contributed by atoms with Gasteiger partial charge in [0.05, 0.1) is 18.1 Å². The molecule has 2 atom stereocenters. The average Bonchev–Trinajstić information content (AvgIpc) is 2.55. The van der Waals surface area contributed by atoms with Gasteiger partial charge in [0.1, 0.15) is 17.3 Å². The van der Waals surface area contributed by atoms with Crippen molar-refractivity contribution in [3.8, 4) is 11.5 Å². The molecule has 2 aromatic carbocycles. The lowest BCUT2D eigenvalue weighted by molar-refractivity contribution is -0.119. The van der Waals surface area contributed by atoms with Crippen LogP contribution in [0.2, 0.25) is 0 Å². The van der Waals surface area contributed by atoms with Crippen LogP contribution in [0.25, 0.3) is 10.8 Å². The lowest BCUT2D eigenvalue weighted by Gasteiger charge is -2.29. The summed E-state index contributed by atoms with van der Waals surface area (Å²) in [5, 5.41) is 2.16. The number of fused-ring (bicyclic) bond motifs is 1. The van der Waals surface area contributed by atoms with Gasteiger partial charge in [-0.15, -0.1) is 0 Å². The van der Waals surface area contributed by atoms with E-state index in [4.69, 9.17) is 9.47 Å². The maximum absolute atomic E-state index is 12.2. The Bertz CT molecular complexity index is 711. The fraction of sp³-hybridized carbons (Fsp3) is 0.389. The summed E-state index contributed by atoms with van der Waals surface area (Å²) in [4.78, 5) is 12.2. The van der Waals surface area contributed by atoms with Crippen LogP contribution in [0.3, 0.4) is 0 Å². The van der Waals surface area contributed by atoms with Gasteiger partial charge < -0.3 is 9.47 Å². The fourth-order valence-corrected chi connectivity index (χ4v) is 4.37. The molecule has 116 valence electrons. The number of alkyl halides is 1. The van der Waals surface area contributed by atoms with Crippen LogP contribution in [-0.4, -0.2) is 23.9 Å². The zero-order valence-corrected chi connectivity index (χ0v) is 14.9. The van der Waals surface area contributed by atoms with Crippen molar-refractivity contribution in [3.05, 3.63) is 35.9 Å². The number of Topliss-reactive ketones (excluding diaryl/α,β-unsaturated/α-hetero) is 1. The van der Waals surface area contributed by atoms with Gasteiger partial charge in [0.25, 0.3) is 0 Å². The molecule has 0 N–H and O–H groups in total. The third-order valence-corrected chi connectivity index (χ3v) is 5.96. The Morgan fingerprint density at radius 2 is 1.95 bits per heavy atom. The van der Waals surface area contributed by atoms with E-state index in [0.717, 1.165) is 40.7 Å². The molecule has 22 heavy (non-hydrogen) atoms. The molecule has 3 rings (SSSR count). The molecule has 0 amide bonds. The first kappa shape index (κ1) is 15.6. The number of ketones is 1. The van der Waals surface area contributed by atoms with E-state index in [9.17, 15) is 4.79 Å². The van der Waals surface area contributed by atoms with Crippen molar-refractivity contribution in [2.45, 2.75) is 29.1 Å². The SMILES string of the molecule is COc1cc2ccccc2c(OC)c1[C@H]1CCCC(=O)C1I. The minimum atomic E-state index is -0.0182. The summed E-state index contributed by atoms with van der Waals surface area (Å²) in [5.41, 5.74) is 1.04. The standard InChI is InChI=1S/C18H19IO3/c1-21-15-10-11-6-3-4-7-12(11)18(22-2)16(15)13-8-5-9-14(20)17(13)19/h3-4,6-7,10,13,17H,5,8-9H2,1-2H3/t13-,17?/m1/s1. The van der Waals surface area contributed by atoms with Gasteiger partial charge >= 0.3 is 0 Å². The Kier molecular flexibility index (Phi) is 4.57. The van der Waals surface area contributed by atoms with Gasteiger partial charge in [-0.3, -0.25) is 4.79 Å². The molecule has 1 unspecified atom stereocenters. The highest BCUT2D eigenvalue weighted by Gasteiger charge is 2.35. The number of ether oxygens (including phenoxy) is 2. The zero-order chi connectivity index (χ0) is 15.7. The average molecular weight is 410 g/mol. The summed E-state index contributed by atoms with van der Waals surface area (Å²) in [6.07, 6.45) is 2.61. The summed E-state index contributed by atoms with van der Waals surface area (Å²) < 4.78 is 11.4. The first-order valence-electron chi connectivity index (χ1n) is 7.47. The highest BCUT2D eigenvalue weighted by molar-refractivity contribution is 14.1. The molecule has 0 aromatic heterocycles. The van der Waals surface area contributed by atoms with Crippen molar-refractivity contribution in [2.75, 3.05) is 14.2 Å². The van der Waals surface area contributed by atoms with Crippen LogP contribution in [0.1, 0.15) is 30.7 Å².